The second-order valence-corrected chi connectivity index (χ2v) is 7.76. The number of halogens is 1. The van der Waals surface area contributed by atoms with Gasteiger partial charge in [-0.2, -0.15) is 0 Å². The lowest BCUT2D eigenvalue weighted by molar-refractivity contribution is -0.132. The van der Waals surface area contributed by atoms with Gasteiger partial charge in [-0.05, 0) is 29.8 Å². The number of fused-ring (bicyclic) bond motifs is 1. The first-order valence-electron chi connectivity index (χ1n) is 8.89. The van der Waals surface area contributed by atoms with Crippen LogP contribution in [-0.4, -0.2) is 52.4 Å². The van der Waals surface area contributed by atoms with E-state index in [1.165, 1.54) is 11.8 Å². The van der Waals surface area contributed by atoms with E-state index >= 15 is 0 Å². The second-order valence-electron chi connectivity index (χ2n) is 6.38. The molecule has 0 N–H and O–H groups in total. The lowest BCUT2D eigenvalue weighted by Gasteiger charge is -2.26. The molecule has 0 atom stereocenters. The zero-order chi connectivity index (χ0) is 18.6. The molecule has 0 spiro atoms. The van der Waals surface area contributed by atoms with E-state index in [1.54, 1.807) is 0 Å². The van der Waals surface area contributed by atoms with Gasteiger partial charge in [0.15, 0.2) is 5.16 Å². The van der Waals surface area contributed by atoms with Gasteiger partial charge < -0.3 is 14.2 Å². The first-order valence-corrected chi connectivity index (χ1v) is 10.2. The van der Waals surface area contributed by atoms with E-state index in [2.05, 4.69) is 10.6 Å². The predicted molar refractivity (Wildman–Crippen MR) is 108 cm³/mol. The molecule has 140 valence electrons. The Hall–Kier alpha value is -2.02. The van der Waals surface area contributed by atoms with Crippen LogP contribution >= 0.6 is 23.4 Å². The van der Waals surface area contributed by atoms with E-state index in [-0.39, 0.29) is 5.91 Å². The Morgan fingerprint density at radius 3 is 2.63 bits per heavy atom. The number of ether oxygens (including phenoxy) is 1. The molecule has 1 fully saturated rings. The summed E-state index contributed by atoms with van der Waals surface area (Å²) in [5, 5.41) is 1.58. The van der Waals surface area contributed by atoms with E-state index in [0.717, 1.165) is 26.8 Å². The number of para-hydroxylation sites is 2. The summed E-state index contributed by atoms with van der Waals surface area (Å²) in [6.07, 6.45) is 0. The molecule has 5 nitrogen and oxygen atoms in total. The van der Waals surface area contributed by atoms with Crippen molar-refractivity contribution >= 4 is 40.3 Å². The number of aromatic nitrogens is 2. The van der Waals surface area contributed by atoms with Crippen LogP contribution in [0, 0.1) is 0 Å². The van der Waals surface area contributed by atoms with Gasteiger partial charge >= 0.3 is 0 Å². The van der Waals surface area contributed by atoms with Crippen LogP contribution in [0.5, 0.6) is 0 Å². The zero-order valence-corrected chi connectivity index (χ0v) is 16.4. The Balaban J connectivity index is 1.56. The van der Waals surface area contributed by atoms with Crippen molar-refractivity contribution in [3.8, 4) is 0 Å². The maximum atomic E-state index is 12.5. The average molecular weight is 402 g/mol. The molecule has 1 aliphatic heterocycles. The van der Waals surface area contributed by atoms with Gasteiger partial charge in [-0.25, -0.2) is 4.98 Å². The minimum absolute atomic E-state index is 0.133. The number of morpholine rings is 1. The molecule has 1 saturated heterocycles. The molecule has 2 heterocycles. The lowest BCUT2D eigenvalue weighted by atomic mass is 10.2. The number of carbonyl (C=O) groups is 1. The Labute approximate surface area is 167 Å². The van der Waals surface area contributed by atoms with Crippen molar-refractivity contribution in [1.29, 1.82) is 0 Å². The van der Waals surface area contributed by atoms with Crippen LogP contribution in [0.25, 0.3) is 11.0 Å². The fourth-order valence-electron chi connectivity index (χ4n) is 3.12. The molecule has 1 aliphatic rings. The Bertz CT molecular complexity index is 936. The molecule has 7 heteroatoms. The maximum absolute atomic E-state index is 12.5. The lowest BCUT2D eigenvalue weighted by Crippen LogP contribution is -2.41. The minimum Gasteiger partial charge on any atom is -0.378 e. The Morgan fingerprint density at radius 2 is 1.85 bits per heavy atom. The zero-order valence-electron chi connectivity index (χ0n) is 14.8. The smallest absolute Gasteiger partial charge is 0.233 e. The van der Waals surface area contributed by atoms with E-state index in [0.29, 0.717) is 38.6 Å². The third-order valence-corrected chi connectivity index (χ3v) is 5.78. The maximum Gasteiger partial charge on any atom is 0.233 e. The van der Waals surface area contributed by atoms with Gasteiger partial charge in [-0.1, -0.05) is 47.6 Å². The first kappa shape index (κ1) is 18.3. The summed E-state index contributed by atoms with van der Waals surface area (Å²) >= 11 is 7.49. The number of thioether (sulfide) groups is 1. The molecule has 1 amide bonds. The van der Waals surface area contributed by atoms with Crippen molar-refractivity contribution in [2.45, 2.75) is 11.7 Å². The minimum atomic E-state index is 0.133. The van der Waals surface area contributed by atoms with Crippen molar-refractivity contribution in [1.82, 2.24) is 14.5 Å². The van der Waals surface area contributed by atoms with Crippen LogP contribution in [0.3, 0.4) is 0 Å². The van der Waals surface area contributed by atoms with Gasteiger partial charge in [-0.15, -0.1) is 0 Å². The summed E-state index contributed by atoms with van der Waals surface area (Å²) in [4.78, 5) is 19.1. The molecule has 0 unspecified atom stereocenters. The van der Waals surface area contributed by atoms with Crippen LogP contribution in [0.4, 0.5) is 0 Å². The van der Waals surface area contributed by atoms with Gasteiger partial charge in [0.05, 0.1) is 36.5 Å². The summed E-state index contributed by atoms with van der Waals surface area (Å²) in [5.41, 5.74) is 3.14. The van der Waals surface area contributed by atoms with Gasteiger partial charge in [0, 0.05) is 18.1 Å². The summed E-state index contributed by atoms with van der Waals surface area (Å²) in [6, 6.07) is 15.9. The Kier molecular flexibility index (Phi) is 5.66. The number of carbonyl (C=O) groups excluding carboxylic acids is 1. The van der Waals surface area contributed by atoms with Crippen LogP contribution < -0.4 is 0 Å². The van der Waals surface area contributed by atoms with Gasteiger partial charge in [0.2, 0.25) is 5.91 Å². The Morgan fingerprint density at radius 1 is 1.11 bits per heavy atom. The molecular weight excluding hydrogens is 382 g/mol. The molecule has 0 aliphatic carbocycles. The highest BCUT2D eigenvalue weighted by molar-refractivity contribution is 7.99. The van der Waals surface area contributed by atoms with Crippen LogP contribution in [0.1, 0.15) is 5.56 Å². The number of imidazole rings is 1. The van der Waals surface area contributed by atoms with Crippen LogP contribution in [0.15, 0.2) is 53.7 Å². The molecule has 0 saturated carbocycles. The van der Waals surface area contributed by atoms with Gasteiger partial charge in [0.1, 0.15) is 0 Å². The van der Waals surface area contributed by atoms with Crippen LogP contribution in [0.2, 0.25) is 5.02 Å². The highest BCUT2D eigenvalue weighted by Gasteiger charge is 2.19. The van der Waals surface area contributed by atoms with Crippen molar-refractivity contribution in [2.75, 3.05) is 32.1 Å². The molecule has 0 radical (unpaired) electrons. The number of amides is 1. The molecular formula is C20H20ClN3O2S. The normalized spacial score (nSPS) is 14.6. The standard InChI is InChI=1S/C20H20ClN3O2S/c21-16-7-5-15(6-8-16)13-24-18-4-2-1-3-17(18)22-20(24)27-14-19(25)23-9-11-26-12-10-23/h1-8H,9-14H2. The monoisotopic (exact) mass is 401 g/mol. The number of hydrogen-bond donors (Lipinski definition) is 0. The summed E-state index contributed by atoms with van der Waals surface area (Å²) in [7, 11) is 0. The molecule has 4 rings (SSSR count). The summed E-state index contributed by atoms with van der Waals surface area (Å²) in [5.74, 6) is 0.512. The van der Waals surface area contributed by atoms with Gasteiger partial charge in [0.25, 0.3) is 0 Å². The van der Waals surface area contributed by atoms with Crippen molar-refractivity contribution in [3.05, 3.63) is 59.1 Å². The third kappa shape index (κ3) is 4.29. The van der Waals surface area contributed by atoms with E-state index < -0.39 is 0 Å². The second kappa shape index (κ2) is 8.33. The van der Waals surface area contributed by atoms with E-state index in [1.807, 2.05) is 47.4 Å². The number of rotatable bonds is 5. The molecule has 2 aromatic carbocycles. The molecule has 0 bridgehead atoms. The highest BCUT2D eigenvalue weighted by atomic mass is 35.5. The highest BCUT2D eigenvalue weighted by Crippen LogP contribution is 2.26. The topological polar surface area (TPSA) is 47.4 Å². The van der Waals surface area contributed by atoms with Crippen LogP contribution in [-0.2, 0) is 16.1 Å². The molecule has 27 heavy (non-hydrogen) atoms. The van der Waals surface area contributed by atoms with Gasteiger partial charge in [-0.3, -0.25) is 4.79 Å². The SMILES string of the molecule is O=C(CSc1nc2ccccc2n1Cc1ccc(Cl)cc1)N1CCOCC1. The van der Waals surface area contributed by atoms with Crippen molar-refractivity contribution < 1.29 is 9.53 Å². The molecule has 3 aromatic rings. The predicted octanol–water partition coefficient (Wildman–Crippen LogP) is 3.69. The van der Waals surface area contributed by atoms with Crippen molar-refractivity contribution in [2.24, 2.45) is 0 Å². The van der Waals surface area contributed by atoms with Crippen molar-refractivity contribution in [3.63, 3.8) is 0 Å². The largest absolute Gasteiger partial charge is 0.378 e. The van der Waals surface area contributed by atoms with E-state index in [9.17, 15) is 4.79 Å². The fourth-order valence-corrected chi connectivity index (χ4v) is 4.16. The number of benzene rings is 2. The quantitative estimate of drug-likeness (QED) is 0.612. The number of hydrogen-bond acceptors (Lipinski definition) is 4. The summed E-state index contributed by atoms with van der Waals surface area (Å²) < 4.78 is 7.48. The fraction of sp³-hybridized carbons (Fsp3) is 0.300. The first-order chi connectivity index (χ1) is 13.2. The third-order valence-electron chi connectivity index (χ3n) is 4.56. The molecule has 1 aromatic heterocycles. The average Bonchev–Trinajstić information content (AvgIpc) is 3.06. The van der Waals surface area contributed by atoms with E-state index in [4.69, 9.17) is 21.3 Å². The number of nitrogens with zero attached hydrogens (tertiary/aromatic N) is 3. The summed E-state index contributed by atoms with van der Waals surface area (Å²) in [6.45, 7) is 3.25.